The Balaban J connectivity index is 1.51. The van der Waals surface area contributed by atoms with Crippen molar-refractivity contribution in [3.8, 4) is 0 Å². The predicted octanol–water partition coefficient (Wildman–Crippen LogP) is 5.53. The van der Waals surface area contributed by atoms with Crippen molar-refractivity contribution < 1.29 is 0 Å². The minimum atomic E-state index is 0.516. The Kier molecular flexibility index (Phi) is 4.20. The Bertz CT molecular complexity index is 800. The monoisotopic (exact) mass is 373 g/mol. The normalized spacial score (nSPS) is 29.1. The van der Waals surface area contributed by atoms with E-state index in [1.807, 2.05) is 11.3 Å². The minimum absolute atomic E-state index is 0.516. The molecule has 2 fully saturated rings. The second-order valence-electron chi connectivity index (χ2n) is 8.22. The maximum atomic E-state index is 4.92. The standard InChI is InChI=1S/C20H27N3S2/c1-11(15-10-12-7-8-13(15)9-12)21-18-17-14-5-3-4-6-16(14)25-19(17)23-20(22-18)24-2/h11-13,15H,3-10H2,1-2H3,(H,21,22,23). The summed E-state index contributed by atoms with van der Waals surface area (Å²) in [6.45, 7) is 2.39. The summed E-state index contributed by atoms with van der Waals surface area (Å²) in [5.74, 6) is 3.89. The molecule has 0 radical (unpaired) electrons. The zero-order valence-electron chi connectivity index (χ0n) is 15.2. The lowest BCUT2D eigenvalue weighted by molar-refractivity contribution is 0.304. The molecule has 0 saturated heterocycles. The third-order valence-corrected chi connectivity index (χ3v) is 8.51. The van der Waals surface area contributed by atoms with Gasteiger partial charge in [-0.2, -0.15) is 0 Å². The van der Waals surface area contributed by atoms with Crippen LogP contribution in [0.1, 0.15) is 55.9 Å². The Morgan fingerprint density at radius 2 is 2.04 bits per heavy atom. The molecule has 2 aromatic rings. The minimum Gasteiger partial charge on any atom is -0.367 e. The van der Waals surface area contributed by atoms with E-state index in [-0.39, 0.29) is 0 Å². The molecule has 2 aromatic heterocycles. The first-order valence-corrected chi connectivity index (χ1v) is 11.9. The molecule has 3 aliphatic rings. The molecule has 2 heterocycles. The molecule has 4 unspecified atom stereocenters. The zero-order chi connectivity index (χ0) is 17.0. The summed E-state index contributed by atoms with van der Waals surface area (Å²) in [6, 6.07) is 0.516. The maximum absolute atomic E-state index is 4.92. The number of hydrogen-bond acceptors (Lipinski definition) is 5. The van der Waals surface area contributed by atoms with Crippen molar-refractivity contribution in [2.45, 2.75) is 69.5 Å². The van der Waals surface area contributed by atoms with Gasteiger partial charge >= 0.3 is 0 Å². The molecular weight excluding hydrogens is 346 g/mol. The van der Waals surface area contributed by atoms with Gasteiger partial charge in [0, 0.05) is 10.9 Å². The maximum Gasteiger partial charge on any atom is 0.190 e. The Labute approximate surface area is 158 Å². The number of thiophene rings is 1. The summed E-state index contributed by atoms with van der Waals surface area (Å²) in [7, 11) is 0. The van der Waals surface area contributed by atoms with Crippen molar-refractivity contribution in [2.24, 2.45) is 17.8 Å². The molecule has 134 valence electrons. The van der Waals surface area contributed by atoms with Crippen LogP contribution in [0.2, 0.25) is 0 Å². The molecule has 0 aromatic carbocycles. The number of thioether (sulfide) groups is 1. The summed E-state index contributed by atoms with van der Waals surface area (Å²) in [5.41, 5.74) is 1.54. The number of anilines is 1. The van der Waals surface area contributed by atoms with Gasteiger partial charge in [-0.05, 0) is 81.4 Å². The van der Waals surface area contributed by atoms with Crippen LogP contribution in [0.25, 0.3) is 10.2 Å². The number of fused-ring (bicyclic) bond motifs is 5. The van der Waals surface area contributed by atoms with Crippen LogP contribution >= 0.6 is 23.1 Å². The first-order chi connectivity index (χ1) is 12.2. The molecule has 0 aliphatic heterocycles. The van der Waals surface area contributed by atoms with Crippen molar-refractivity contribution in [3.05, 3.63) is 10.4 Å². The van der Waals surface area contributed by atoms with Gasteiger partial charge < -0.3 is 5.32 Å². The summed E-state index contributed by atoms with van der Waals surface area (Å²) in [4.78, 5) is 12.5. The molecule has 4 atom stereocenters. The summed E-state index contributed by atoms with van der Waals surface area (Å²) < 4.78 is 0. The largest absolute Gasteiger partial charge is 0.367 e. The highest BCUT2D eigenvalue weighted by atomic mass is 32.2. The van der Waals surface area contributed by atoms with Crippen LogP contribution in [-0.4, -0.2) is 22.3 Å². The molecule has 2 saturated carbocycles. The van der Waals surface area contributed by atoms with Crippen LogP contribution in [0, 0.1) is 17.8 Å². The molecule has 3 aliphatic carbocycles. The average Bonchev–Trinajstić information content (AvgIpc) is 3.34. The fraction of sp³-hybridized carbons (Fsp3) is 0.700. The Morgan fingerprint density at radius 3 is 2.80 bits per heavy atom. The van der Waals surface area contributed by atoms with Crippen molar-refractivity contribution in [1.82, 2.24) is 9.97 Å². The molecular formula is C20H27N3S2. The molecule has 0 spiro atoms. The van der Waals surface area contributed by atoms with E-state index in [1.165, 1.54) is 61.6 Å². The zero-order valence-corrected chi connectivity index (χ0v) is 16.8. The van der Waals surface area contributed by atoms with E-state index in [2.05, 4.69) is 18.5 Å². The highest BCUT2D eigenvalue weighted by Gasteiger charge is 2.42. The predicted molar refractivity (Wildman–Crippen MR) is 108 cm³/mol. The van der Waals surface area contributed by atoms with Gasteiger partial charge in [-0.3, -0.25) is 0 Å². The number of nitrogens with zero attached hydrogens (tertiary/aromatic N) is 2. The molecule has 5 heteroatoms. The van der Waals surface area contributed by atoms with E-state index in [4.69, 9.17) is 9.97 Å². The first-order valence-electron chi connectivity index (χ1n) is 9.85. The SMILES string of the molecule is CSc1nc(NC(C)C2CC3CCC2C3)c2c3c(sc2n1)CCCC3. The second kappa shape index (κ2) is 6.41. The summed E-state index contributed by atoms with van der Waals surface area (Å²) >= 11 is 3.57. The van der Waals surface area contributed by atoms with Crippen LogP contribution in [0.15, 0.2) is 5.16 Å². The van der Waals surface area contributed by atoms with E-state index >= 15 is 0 Å². The third-order valence-electron chi connectivity index (χ3n) is 6.78. The molecule has 2 bridgehead atoms. The summed E-state index contributed by atoms with van der Waals surface area (Å²) in [5, 5.41) is 6.12. The van der Waals surface area contributed by atoms with E-state index in [1.54, 1.807) is 22.2 Å². The van der Waals surface area contributed by atoms with Crippen LogP contribution < -0.4 is 5.32 Å². The fourth-order valence-electron chi connectivity index (χ4n) is 5.56. The number of aryl methyl sites for hydroxylation is 2. The van der Waals surface area contributed by atoms with Gasteiger partial charge in [-0.1, -0.05) is 18.2 Å². The van der Waals surface area contributed by atoms with Crippen LogP contribution in [0.3, 0.4) is 0 Å². The number of rotatable bonds is 4. The lowest BCUT2D eigenvalue weighted by Gasteiger charge is -2.29. The summed E-state index contributed by atoms with van der Waals surface area (Å²) in [6.07, 6.45) is 13.0. The Morgan fingerprint density at radius 1 is 1.16 bits per heavy atom. The second-order valence-corrected chi connectivity index (χ2v) is 10.1. The van der Waals surface area contributed by atoms with Crippen LogP contribution in [0.4, 0.5) is 5.82 Å². The third kappa shape index (κ3) is 2.78. The number of nitrogens with one attached hydrogen (secondary N) is 1. The fourth-order valence-corrected chi connectivity index (χ4v) is 7.25. The van der Waals surface area contributed by atoms with Crippen LogP contribution in [0.5, 0.6) is 0 Å². The van der Waals surface area contributed by atoms with Gasteiger partial charge in [0.2, 0.25) is 0 Å². The van der Waals surface area contributed by atoms with Gasteiger partial charge in [-0.15, -0.1) is 11.3 Å². The molecule has 0 amide bonds. The molecule has 25 heavy (non-hydrogen) atoms. The highest BCUT2D eigenvalue weighted by molar-refractivity contribution is 7.98. The first kappa shape index (κ1) is 16.4. The highest BCUT2D eigenvalue weighted by Crippen LogP contribution is 2.50. The molecule has 3 nitrogen and oxygen atoms in total. The van der Waals surface area contributed by atoms with Crippen molar-refractivity contribution in [1.29, 1.82) is 0 Å². The topological polar surface area (TPSA) is 37.8 Å². The van der Waals surface area contributed by atoms with E-state index in [0.29, 0.717) is 6.04 Å². The lowest BCUT2D eigenvalue weighted by Crippen LogP contribution is -2.30. The van der Waals surface area contributed by atoms with Crippen LogP contribution in [-0.2, 0) is 12.8 Å². The average molecular weight is 374 g/mol. The van der Waals surface area contributed by atoms with E-state index in [0.717, 1.165) is 28.7 Å². The van der Waals surface area contributed by atoms with Crippen molar-refractivity contribution in [3.63, 3.8) is 0 Å². The molecule has 5 rings (SSSR count). The number of aromatic nitrogens is 2. The van der Waals surface area contributed by atoms with Gasteiger partial charge in [-0.25, -0.2) is 9.97 Å². The van der Waals surface area contributed by atoms with E-state index < -0.39 is 0 Å². The van der Waals surface area contributed by atoms with Gasteiger partial charge in [0.25, 0.3) is 0 Å². The van der Waals surface area contributed by atoms with Gasteiger partial charge in [0.05, 0.1) is 5.39 Å². The molecule has 1 N–H and O–H groups in total. The van der Waals surface area contributed by atoms with E-state index in [9.17, 15) is 0 Å². The van der Waals surface area contributed by atoms with Gasteiger partial charge in [0.1, 0.15) is 10.6 Å². The van der Waals surface area contributed by atoms with Crippen molar-refractivity contribution in [2.75, 3.05) is 11.6 Å². The smallest absolute Gasteiger partial charge is 0.190 e. The number of hydrogen-bond donors (Lipinski definition) is 1. The lowest BCUT2D eigenvalue weighted by atomic mass is 9.84. The quantitative estimate of drug-likeness (QED) is 0.565. The Hall–Kier alpha value is -0.810. The van der Waals surface area contributed by atoms with Gasteiger partial charge in [0.15, 0.2) is 5.16 Å². The van der Waals surface area contributed by atoms with Crippen molar-refractivity contribution >= 4 is 39.1 Å².